The summed E-state index contributed by atoms with van der Waals surface area (Å²) >= 11 is 1.51. The molecule has 1 aliphatic heterocycles. The van der Waals surface area contributed by atoms with E-state index < -0.39 is 17.7 Å². The number of likely N-dealkylation sites (tertiary alicyclic amines) is 1. The maximum Gasteiger partial charge on any atom is 0.295 e. The summed E-state index contributed by atoms with van der Waals surface area (Å²) in [5.41, 5.74) is 2.11. The van der Waals surface area contributed by atoms with Crippen molar-refractivity contribution >= 4 is 28.8 Å². The van der Waals surface area contributed by atoms with Crippen LogP contribution in [-0.4, -0.2) is 35.9 Å². The van der Waals surface area contributed by atoms with E-state index in [1.807, 2.05) is 48.7 Å². The maximum absolute atomic E-state index is 13.2. The lowest BCUT2D eigenvalue weighted by Crippen LogP contribution is -2.28. The third-order valence-electron chi connectivity index (χ3n) is 5.47. The lowest BCUT2D eigenvalue weighted by molar-refractivity contribution is -0.140. The van der Waals surface area contributed by atoms with Gasteiger partial charge in [-0.3, -0.25) is 9.59 Å². The Hall–Kier alpha value is -3.58. The van der Waals surface area contributed by atoms with Gasteiger partial charge >= 0.3 is 0 Å². The molecule has 7 heteroatoms. The molecule has 0 bridgehead atoms. The van der Waals surface area contributed by atoms with Crippen LogP contribution in [-0.2, 0) is 16.1 Å². The molecule has 0 spiro atoms. The Balaban J connectivity index is 1.90. The summed E-state index contributed by atoms with van der Waals surface area (Å²) in [6, 6.07) is 15.6. The van der Waals surface area contributed by atoms with Crippen LogP contribution in [0.15, 0.2) is 65.6 Å². The minimum Gasteiger partial charge on any atom is -0.507 e. The molecule has 1 aliphatic rings. The van der Waals surface area contributed by atoms with Crippen molar-refractivity contribution in [1.82, 2.24) is 4.90 Å². The van der Waals surface area contributed by atoms with Gasteiger partial charge in [0.05, 0.1) is 37.9 Å². The second kappa shape index (κ2) is 8.88. The molecule has 6 nitrogen and oxygen atoms in total. The Labute approximate surface area is 190 Å². The van der Waals surface area contributed by atoms with Crippen molar-refractivity contribution in [3.8, 4) is 11.5 Å². The summed E-state index contributed by atoms with van der Waals surface area (Å²) in [6.07, 6.45) is 0. The molecule has 1 amide bonds. The first kappa shape index (κ1) is 21.6. The van der Waals surface area contributed by atoms with Gasteiger partial charge in [0.1, 0.15) is 17.3 Å². The Bertz CT molecular complexity index is 1200. The van der Waals surface area contributed by atoms with E-state index in [4.69, 9.17) is 9.47 Å². The number of carbonyl (C=O) groups excluding carboxylic acids is 2. The lowest BCUT2D eigenvalue weighted by Gasteiger charge is -2.25. The van der Waals surface area contributed by atoms with Crippen LogP contribution < -0.4 is 9.47 Å². The number of ether oxygens (including phenoxy) is 2. The first-order valence-corrected chi connectivity index (χ1v) is 10.9. The molecule has 2 aromatic carbocycles. The number of rotatable bonds is 6. The fourth-order valence-electron chi connectivity index (χ4n) is 3.94. The zero-order valence-electron chi connectivity index (χ0n) is 18.0. The van der Waals surface area contributed by atoms with Crippen molar-refractivity contribution < 1.29 is 24.2 Å². The van der Waals surface area contributed by atoms with Crippen LogP contribution in [0.3, 0.4) is 0 Å². The fourth-order valence-corrected chi connectivity index (χ4v) is 4.64. The molecule has 0 saturated carbocycles. The van der Waals surface area contributed by atoms with Gasteiger partial charge in [0.25, 0.3) is 11.7 Å². The number of nitrogens with zero attached hydrogens (tertiary/aromatic N) is 1. The van der Waals surface area contributed by atoms with E-state index in [0.29, 0.717) is 17.1 Å². The van der Waals surface area contributed by atoms with Gasteiger partial charge in [-0.25, -0.2) is 0 Å². The highest BCUT2D eigenvalue weighted by Crippen LogP contribution is 2.42. The third-order valence-corrected chi connectivity index (χ3v) is 6.33. The number of methoxy groups -OCH3 is 2. The van der Waals surface area contributed by atoms with Gasteiger partial charge in [-0.15, -0.1) is 11.3 Å². The van der Waals surface area contributed by atoms with Crippen molar-refractivity contribution in [2.75, 3.05) is 14.2 Å². The average Bonchev–Trinajstić information content (AvgIpc) is 3.40. The summed E-state index contributed by atoms with van der Waals surface area (Å²) in [4.78, 5) is 28.7. The van der Waals surface area contributed by atoms with Crippen molar-refractivity contribution in [2.45, 2.75) is 19.5 Å². The molecular formula is C25H23NO5S. The van der Waals surface area contributed by atoms with E-state index in [1.165, 1.54) is 30.5 Å². The molecule has 1 atom stereocenters. The number of thiophene rings is 1. The number of aliphatic hydroxyl groups excluding tert-OH is 1. The summed E-state index contributed by atoms with van der Waals surface area (Å²) in [6.45, 7) is 2.22. The van der Waals surface area contributed by atoms with Crippen LogP contribution in [0, 0.1) is 6.92 Å². The molecular weight excluding hydrogens is 426 g/mol. The maximum atomic E-state index is 13.2. The Kier molecular flexibility index (Phi) is 6.01. The van der Waals surface area contributed by atoms with Crippen LogP contribution in [0.25, 0.3) is 5.76 Å². The Morgan fingerprint density at radius 3 is 2.53 bits per heavy atom. The van der Waals surface area contributed by atoms with Gasteiger partial charge in [-0.05, 0) is 36.1 Å². The summed E-state index contributed by atoms with van der Waals surface area (Å²) < 4.78 is 10.6. The van der Waals surface area contributed by atoms with Crippen molar-refractivity contribution in [1.29, 1.82) is 0 Å². The van der Waals surface area contributed by atoms with E-state index in [-0.39, 0.29) is 17.9 Å². The van der Waals surface area contributed by atoms with Gasteiger partial charge in [-0.1, -0.05) is 35.9 Å². The molecule has 4 rings (SSSR count). The molecule has 1 N–H and O–H groups in total. The van der Waals surface area contributed by atoms with E-state index in [2.05, 4.69) is 0 Å². The standard InChI is InChI=1S/C25H23NO5S/c1-15-6-4-7-16(12-15)22-21(23(27)19-10-9-17(30-2)13-20(19)31-3)24(28)25(29)26(22)14-18-8-5-11-32-18/h4-13,22,27H,14H2,1-3H3/b23-21-. The van der Waals surface area contributed by atoms with Crippen molar-refractivity contribution in [2.24, 2.45) is 0 Å². The molecule has 2 heterocycles. The predicted molar refractivity (Wildman–Crippen MR) is 123 cm³/mol. The average molecular weight is 450 g/mol. The quantitative estimate of drug-likeness (QED) is 0.336. The van der Waals surface area contributed by atoms with Gasteiger partial charge in [0.2, 0.25) is 0 Å². The van der Waals surface area contributed by atoms with E-state index in [1.54, 1.807) is 18.2 Å². The molecule has 164 valence electrons. The molecule has 3 aromatic rings. The van der Waals surface area contributed by atoms with E-state index in [9.17, 15) is 14.7 Å². The number of amides is 1. The van der Waals surface area contributed by atoms with Crippen molar-refractivity contribution in [3.63, 3.8) is 0 Å². The van der Waals surface area contributed by atoms with E-state index in [0.717, 1.165) is 16.0 Å². The number of carbonyl (C=O) groups is 2. The molecule has 1 unspecified atom stereocenters. The smallest absolute Gasteiger partial charge is 0.295 e. The molecule has 0 radical (unpaired) electrons. The SMILES string of the molecule is COc1ccc(/C(O)=C2/C(=O)C(=O)N(Cc3cccs3)C2c2cccc(C)c2)c(OC)c1. The second-order valence-corrected chi connectivity index (χ2v) is 8.52. The highest BCUT2D eigenvalue weighted by Gasteiger charge is 2.46. The molecule has 1 saturated heterocycles. The first-order chi connectivity index (χ1) is 15.4. The number of aryl methyl sites for hydroxylation is 1. The first-order valence-electron chi connectivity index (χ1n) is 10.0. The number of hydrogen-bond donors (Lipinski definition) is 1. The van der Waals surface area contributed by atoms with Gasteiger partial charge in [0.15, 0.2) is 0 Å². The molecule has 32 heavy (non-hydrogen) atoms. The number of aliphatic hydroxyl groups is 1. The zero-order chi connectivity index (χ0) is 22.8. The van der Waals surface area contributed by atoms with Gasteiger partial charge in [0, 0.05) is 10.9 Å². The minimum absolute atomic E-state index is 0.0422. The zero-order valence-corrected chi connectivity index (χ0v) is 18.8. The normalized spacial score (nSPS) is 17.6. The minimum atomic E-state index is -0.719. The molecule has 1 fully saturated rings. The lowest BCUT2D eigenvalue weighted by atomic mass is 9.94. The number of benzene rings is 2. The van der Waals surface area contributed by atoms with Crippen LogP contribution in [0.2, 0.25) is 0 Å². The monoisotopic (exact) mass is 449 g/mol. The Morgan fingerprint density at radius 2 is 1.88 bits per heavy atom. The van der Waals surface area contributed by atoms with Crippen LogP contribution in [0.4, 0.5) is 0 Å². The van der Waals surface area contributed by atoms with E-state index >= 15 is 0 Å². The Morgan fingerprint density at radius 1 is 1.06 bits per heavy atom. The largest absolute Gasteiger partial charge is 0.507 e. The van der Waals surface area contributed by atoms with Crippen LogP contribution in [0.5, 0.6) is 11.5 Å². The second-order valence-electron chi connectivity index (χ2n) is 7.49. The van der Waals surface area contributed by atoms with Crippen LogP contribution in [0.1, 0.15) is 27.6 Å². The highest BCUT2D eigenvalue weighted by molar-refractivity contribution is 7.09. The molecule has 0 aliphatic carbocycles. The number of ketones is 1. The van der Waals surface area contributed by atoms with Crippen LogP contribution >= 0.6 is 11.3 Å². The molecule has 1 aromatic heterocycles. The predicted octanol–water partition coefficient (Wildman–Crippen LogP) is 4.70. The third kappa shape index (κ3) is 3.87. The van der Waals surface area contributed by atoms with Gasteiger partial charge < -0.3 is 19.5 Å². The highest BCUT2D eigenvalue weighted by atomic mass is 32.1. The van der Waals surface area contributed by atoms with Gasteiger partial charge in [-0.2, -0.15) is 0 Å². The number of Topliss-reactive ketones (excluding diaryl/α,β-unsaturated/α-hetero) is 1. The fraction of sp³-hybridized carbons (Fsp3) is 0.200. The number of hydrogen-bond acceptors (Lipinski definition) is 6. The summed E-state index contributed by atoms with van der Waals surface area (Å²) in [5, 5.41) is 13.2. The topological polar surface area (TPSA) is 76.1 Å². The summed E-state index contributed by atoms with van der Waals surface area (Å²) in [7, 11) is 3.00. The summed E-state index contributed by atoms with van der Waals surface area (Å²) in [5.74, 6) is -0.744. The van der Waals surface area contributed by atoms with Crippen molar-refractivity contribution in [3.05, 3.63) is 87.1 Å².